The van der Waals surface area contributed by atoms with Crippen LogP contribution in [-0.4, -0.2) is 40.7 Å². The van der Waals surface area contributed by atoms with Crippen LogP contribution in [0.5, 0.6) is 0 Å². The van der Waals surface area contributed by atoms with Gasteiger partial charge in [-0.25, -0.2) is 4.79 Å². The van der Waals surface area contributed by atoms with Gasteiger partial charge in [-0.05, 0) is 71.1 Å². The molecule has 2 heterocycles. The van der Waals surface area contributed by atoms with Crippen molar-refractivity contribution in [2.45, 2.75) is 65.1 Å². The maximum absolute atomic E-state index is 13.0. The zero-order valence-corrected chi connectivity index (χ0v) is 19.5. The fraction of sp³-hybridized carbons (Fsp3) is 0.455. The molecule has 0 aliphatic carbocycles. The molecule has 1 aliphatic heterocycles. The van der Waals surface area contributed by atoms with E-state index in [2.05, 4.69) is 38.3 Å². The third kappa shape index (κ3) is 5.01. The van der Waals surface area contributed by atoms with Crippen LogP contribution in [0.3, 0.4) is 0 Å². The van der Waals surface area contributed by atoms with Gasteiger partial charge in [0, 0.05) is 21.5 Å². The fourth-order valence-corrected chi connectivity index (χ4v) is 5.35. The van der Waals surface area contributed by atoms with Gasteiger partial charge in [0.25, 0.3) is 5.91 Å². The molecule has 1 aromatic heterocycles. The molecule has 1 aromatic carbocycles. The molecule has 7 nitrogen and oxygen atoms in total. The van der Waals surface area contributed by atoms with E-state index in [1.807, 2.05) is 0 Å². The van der Waals surface area contributed by atoms with Crippen molar-refractivity contribution < 1.29 is 24.4 Å². The molecule has 1 aliphatic rings. The SMILES string of the molecule is CC(C)OC(=O)c1c(NC(=O)c2ccc(B(O)O)cc2)sc2c1CC(C)(C)NC2(C)C. The number of esters is 1. The van der Waals surface area contributed by atoms with E-state index in [9.17, 15) is 19.6 Å². The fourth-order valence-electron chi connectivity index (χ4n) is 4.09. The zero-order chi connectivity index (χ0) is 23.1. The number of hydrogen-bond acceptors (Lipinski definition) is 7. The lowest BCUT2D eigenvalue weighted by atomic mass is 9.80. The number of fused-ring (bicyclic) bond motifs is 1. The lowest BCUT2D eigenvalue weighted by molar-refractivity contribution is 0.0377. The lowest BCUT2D eigenvalue weighted by Crippen LogP contribution is -2.55. The van der Waals surface area contributed by atoms with Gasteiger partial charge in [0.2, 0.25) is 0 Å². The Morgan fingerprint density at radius 3 is 2.32 bits per heavy atom. The molecule has 0 bridgehead atoms. The maximum atomic E-state index is 13.0. The van der Waals surface area contributed by atoms with Gasteiger partial charge in [-0.15, -0.1) is 11.3 Å². The molecule has 0 saturated carbocycles. The minimum Gasteiger partial charge on any atom is -0.459 e. The standard InChI is InChI=1S/C22H29BN2O5S/c1-12(2)30-20(27)16-15-11-21(3,4)25-22(5,6)17(15)31-19(16)24-18(26)13-7-9-14(10-8-13)23(28)29/h7-10,12,25,28-29H,11H2,1-6H3,(H,24,26). The van der Waals surface area contributed by atoms with Gasteiger partial charge in [-0.3, -0.25) is 4.79 Å². The largest absolute Gasteiger partial charge is 0.488 e. The zero-order valence-electron chi connectivity index (χ0n) is 18.7. The molecular weight excluding hydrogens is 415 g/mol. The number of rotatable bonds is 5. The quantitative estimate of drug-likeness (QED) is 0.417. The summed E-state index contributed by atoms with van der Waals surface area (Å²) in [4.78, 5) is 26.9. The lowest BCUT2D eigenvalue weighted by Gasteiger charge is -2.42. The second kappa shape index (κ2) is 8.39. The van der Waals surface area contributed by atoms with Crippen molar-refractivity contribution in [1.29, 1.82) is 0 Å². The molecule has 0 fully saturated rings. The Kier molecular flexibility index (Phi) is 6.35. The average molecular weight is 444 g/mol. The highest BCUT2D eigenvalue weighted by Crippen LogP contribution is 2.45. The second-order valence-corrected chi connectivity index (χ2v) is 10.3. The van der Waals surface area contributed by atoms with Crippen LogP contribution in [0.4, 0.5) is 5.00 Å². The molecule has 4 N–H and O–H groups in total. The van der Waals surface area contributed by atoms with Gasteiger partial charge in [-0.1, -0.05) is 12.1 Å². The third-order valence-corrected chi connectivity index (χ3v) is 6.56. The molecule has 0 radical (unpaired) electrons. The normalized spacial score (nSPS) is 16.5. The van der Waals surface area contributed by atoms with E-state index in [0.717, 1.165) is 10.4 Å². The number of nitrogens with one attached hydrogen (secondary N) is 2. The summed E-state index contributed by atoms with van der Waals surface area (Å²) in [7, 11) is -1.60. The number of hydrogen-bond donors (Lipinski definition) is 4. The molecule has 0 unspecified atom stereocenters. The maximum Gasteiger partial charge on any atom is 0.488 e. The smallest absolute Gasteiger partial charge is 0.459 e. The van der Waals surface area contributed by atoms with Crippen LogP contribution in [0.2, 0.25) is 0 Å². The summed E-state index contributed by atoms with van der Waals surface area (Å²) in [5, 5.41) is 25.4. The van der Waals surface area contributed by atoms with E-state index in [-0.39, 0.29) is 23.1 Å². The third-order valence-electron chi connectivity index (χ3n) is 5.09. The van der Waals surface area contributed by atoms with E-state index in [0.29, 0.717) is 28.0 Å². The number of carbonyl (C=O) groups excluding carboxylic acids is 2. The molecule has 3 rings (SSSR count). The van der Waals surface area contributed by atoms with Crippen LogP contribution >= 0.6 is 11.3 Å². The van der Waals surface area contributed by atoms with Crippen LogP contribution in [0.1, 0.15) is 72.7 Å². The molecule has 2 aromatic rings. The van der Waals surface area contributed by atoms with E-state index in [4.69, 9.17) is 4.74 Å². The summed E-state index contributed by atoms with van der Waals surface area (Å²) < 4.78 is 5.51. The predicted molar refractivity (Wildman–Crippen MR) is 123 cm³/mol. The van der Waals surface area contributed by atoms with E-state index in [1.54, 1.807) is 13.8 Å². The van der Waals surface area contributed by atoms with Gasteiger partial charge in [0.1, 0.15) is 5.00 Å². The second-order valence-electron chi connectivity index (χ2n) is 9.33. The van der Waals surface area contributed by atoms with E-state index >= 15 is 0 Å². The Morgan fingerprint density at radius 1 is 1.16 bits per heavy atom. The molecule has 31 heavy (non-hydrogen) atoms. The monoisotopic (exact) mass is 444 g/mol. The Bertz CT molecular complexity index is 996. The van der Waals surface area contributed by atoms with Crippen LogP contribution in [0.25, 0.3) is 0 Å². The van der Waals surface area contributed by atoms with Crippen LogP contribution < -0.4 is 16.1 Å². The molecular formula is C22H29BN2O5S. The number of amides is 1. The molecule has 1 amide bonds. The molecule has 9 heteroatoms. The van der Waals surface area contributed by atoms with Crippen LogP contribution in [0, 0.1) is 0 Å². The minimum absolute atomic E-state index is 0.229. The van der Waals surface area contributed by atoms with Gasteiger partial charge < -0.3 is 25.4 Å². The number of thiophene rings is 1. The highest BCUT2D eigenvalue weighted by atomic mass is 32.1. The van der Waals surface area contributed by atoms with Crippen molar-refractivity contribution in [3.8, 4) is 0 Å². The van der Waals surface area contributed by atoms with Gasteiger partial charge in [0.05, 0.1) is 11.7 Å². The van der Waals surface area contributed by atoms with Gasteiger partial charge in [0.15, 0.2) is 0 Å². The Morgan fingerprint density at radius 2 is 1.77 bits per heavy atom. The summed E-state index contributed by atoms with van der Waals surface area (Å²) >= 11 is 1.38. The van der Waals surface area contributed by atoms with E-state index in [1.165, 1.54) is 35.6 Å². The van der Waals surface area contributed by atoms with Crippen LogP contribution in [0.15, 0.2) is 24.3 Å². The summed E-state index contributed by atoms with van der Waals surface area (Å²) in [6, 6.07) is 5.97. The first-order chi connectivity index (χ1) is 14.3. The predicted octanol–water partition coefficient (Wildman–Crippen LogP) is 2.40. The Hall–Kier alpha value is -2.20. The first-order valence-corrected chi connectivity index (χ1v) is 11.1. The summed E-state index contributed by atoms with van der Waals surface area (Å²) in [6.07, 6.45) is 0.343. The molecule has 0 saturated heterocycles. The highest BCUT2D eigenvalue weighted by Gasteiger charge is 2.42. The number of anilines is 1. The van der Waals surface area contributed by atoms with Crippen molar-refractivity contribution in [2.24, 2.45) is 0 Å². The molecule has 0 atom stereocenters. The topological polar surface area (TPSA) is 108 Å². The van der Waals surface area contributed by atoms with Crippen molar-refractivity contribution in [1.82, 2.24) is 5.32 Å². The van der Waals surface area contributed by atoms with Crippen molar-refractivity contribution in [3.63, 3.8) is 0 Å². The summed E-state index contributed by atoms with van der Waals surface area (Å²) in [5.74, 6) is -0.837. The molecule has 166 valence electrons. The summed E-state index contributed by atoms with van der Waals surface area (Å²) in [5.41, 5.74) is 1.34. The van der Waals surface area contributed by atoms with Crippen LogP contribution in [-0.2, 0) is 16.7 Å². The number of carbonyl (C=O) groups is 2. The van der Waals surface area contributed by atoms with E-state index < -0.39 is 13.1 Å². The average Bonchev–Trinajstić information content (AvgIpc) is 2.98. The first-order valence-electron chi connectivity index (χ1n) is 10.2. The summed E-state index contributed by atoms with van der Waals surface area (Å²) in [6.45, 7) is 11.9. The van der Waals surface area contributed by atoms with Crippen molar-refractivity contribution in [3.05, 3.63) is 45.8 Å². The van der Waals surface area contributed by atoms with Crippen molar-refractivity contribution in [2.75, 3.05) is 5.32 Å². The van der Waals surface area contributed by atoms with Gasteiger partial charge in [-0.2, -0.15) is 0 Å². The Balaban J connectivity index is 2.02. The number of benzene rings is 1. The minimum atomic E-state index is -1.60. The van der Waals surface area contributed by atoms with Crippen molar-refractivity contribution >= 4 is 40.8 Å². The first kappa shape index (κ1) is 23.5. The van der Waals surface area contributed by atoms with Gasteiger partial charge >= 0.3 is 13.1 Å². The number of ether oxygens (including phenoxy) is 1. The molecule has 0 spiro atoms. The highest BCUT2D eigenvalue weighted by molar-refractivity contribution is 7.17. The Labute approximate surface area is 187 Å².